The Kier molecular flexibility index (Phi) is 4.15. The lowest BCUT2D eigenvalue weighted by atomic mass is 9.98. The molecule has 2 aromatic heterocycles. The van der Waals surface area contributed by atoms with Gasteiger partial charge in [-0.05, 0) is 38.8 Å². The summed E-state index contributed by atoms with van der Waals surface area (Å²) in [6.07, 6.45) is 1.95. The fourth-order valence-corrected chi connectivity index (χ4v) is 3.97. The van der Waals surface area contributed by atoms with E-state index in [4.69, 9.17) is 0 Å². The van der Waals surface area contributed by atoms with Crippen LogP contribution in [0.25, 0.3) is 5.13 Å². The van der Waals surface area contributed by atoms with Gasteiger partial charge >= 0.3 is 0 Å². The molecule has 7 heteroatoms. The molecule has 1 fully saturated rings. The number of hydrogen-bond acceptors (Lipinski definition) is 5. The third-order valence-electron chi connectivity index (χ3n) is 4.18. The van der Waals surface area contributed by atoms with Gasteiger partial charge in [0.15, 0.2) is 0 Å². The van der Waals surface area contributed by atoms with Crippen molar-refractivity contribution in [1.29, 1.82) is 0 Å². The number of carbonyl (C=O) groups is 1. The van der Waals surface area contributed by atoms with Crippen LogP contribution in [-0.4, -0.2) is 40.8 Å². The second kappa shape index (κ2) is 6.08. The van der Waals surface area contributed by atoms with E-state index in [0.717, 1.165) is 47.6 Å². The predicted octanol–water partition coefficient (Wildman–Crippen LogP) is 1.91. The van der Waals surface area contributed by atoms with Crippen molar-refractivity contribution in [2.24, 2.45) is 5.92 Å². The Hall–Kier alpha value is -1.89. The van der Waals surface area contributed by atoms with Gasteiger partial charge in [0.2, 0.25) is 16.2 Å². The van der Waals surface area contributed by atoms with Crippen molar-refractivity contribution >= 4 is 22.4 Å². The monoisotopic (exact) mass is 319 g/mol. The molecule has 22 heavy (non-hydrogen) atoms. The van der Waals surface area contributed by atoms with Crippen LogP contribution in [0.15, 0.2) is 12.1 Å². The molecule has 6 nitrogen and oxygen atoms in total. The second-order valence-electron chi connectivity index (χ2n) is 5.72. The van der Waals surface area contributed by atoms with Crippen LogP contribution < -0.4 is 10.2 Å². The average molecular weight is 319 g/mol. The van der Waals surface area contributed by atoms with Crippen molar-refractivity contribution in [1.82, 2.24) is 20.1 Å². The van der Waals surface area contributed by atoms with Gasteiger partial charge in [0, 0.05) is 31.5 Å². The number of amides is 1. The molecule has 1 saturated heterocycles. The molecule has 1 aliphatic heterocycles. The number of hydrogen-bond donors (Lipinski definition) is 1. The molecule has 0 aliphatic carbocycles. The van der Waals surface area contributed by atoms with Gasteiger partial charge in [-0.3, -0.25) is 9.36 Å². The molecule has 3 heterocycles. The summed E-state index contributed by atoms with van der Waals surface area (Å²) in [5.74, 6) is 0.160. The van der Waals surface area contributed by atoms with E-state index in [0.29, 0.717) is 0 Å². The highest BCUT2D eigenvalue weighted by Crippen LogP contribution is 2.29. The normalized spacial score (nSPS) is 18.5. The summed E-state index contributed by atoms with van der Waals surface area (Å²) in [6.45, 7) is 5.79. The maximum atomic E-state index is 11.9. The molecule has 118 valence electrons. The Morgan fingerprint density at radius 2 is 1.95 bits per heavy atom. The van der Waals surface area contributed by atoms with Crippen molar-refractivity contribution in [2.75, 3.05) is 25.0 Å². The number of nitrogens with zero attached hydrogens (tertiary/aromatic N) is 4. The lowest BCUT2D eigenvalue weighted by Crippen LogP contribution is -2.42. The van der Waals surface area contributed by atoms with Crippen molar-refractivity contribution < 1.29 is 4.79 Å². The smallest absolute Gasteiger partial charge is 0.224 e. The number of aromatic nitrogens is 3. The lowest BCUT2D eigenvalue weighted by molar-refractivity contribution is -0.124. The Balaban J connectivity index is 1.80. The summed E-state index contributed by atoms with van der Waals surface area (Å²) in [6, 6.07) is 4.16. The van der Waals surface area contributed by atoms with Crippen LogP contribution in [0.5, 0.6) is 0 Å². The number of piperidine rings is 1. The van der Waals surface area contributed by atoms with E-state index in [1.807, 2.05) is 0 Å². The summed E-state index contributed by atoms with van der Waals surface area (Å²) in [5.41, 5.74) is 2.31. The average Bonchev–Trinajstić information content (AvgIpc) is 3.13. The maximum Gasteiger partial charge on any atom is 0.224 e. The molecular weight excluding hydrogens is 298 g/mol. The number of aryl methyl sites for hydroxylation is 2. The molecule has 1 N–H and O–H groups in total. The van der Waals surface area contributed by atoms with E-state index in [9.17, 15) is 4.79 Å². The highest BCUT2D eigenvalue weighted by Gasteiger charge is 2.27. The zero-order valence-corrected chi connectivity index (χ0v) is 14.0. The van der Waals surface area contributed by atoms with Crippen LogP contribution in [0.1, 0.15) is 24.2 Å². The van der Waals surface area contributed by atoms with Crippen molar-refractivity contribution in [3.63, 3.8) is 0 Å². The van der Waals surface area contributed by atoms with Gasteiger partial charge in [0.05, 0.1) is 5.92 Å². The highest BCUT2D eigenvalue weighted by atomic mass is 32.1. The lowest BCUT2D eigenvalue weighted by Gasteiger charge is -2.31. The van der Waals surface area contributed by atoms with Crippen molar-refractivity contribution in [2.45, 2.75) is 26.7 Å². The van der Waals surface area contributed by atoms with E-state index in [2.05, 4.69) is 51.0 Å². The summed E-state index contributed by atoms with van der Waals surface area (Å²) >= 11 is 1.58. The molecule has 0 bridgehead atoms. The van der Waals surface area contributed by atoms with E-state index in [-0.39, 0.29) is 11.8 Å². The number of nitrogens with one attached hydrogen (secondary N) is 1. The van der Waals surface area contributed by atoms with Crippen LogP contribution in [0.4, 0.5) is 5.13 Å². The zero-order chi connectivity index (χ0) is 15.7. The molecule has 0 aromatic carbocycles. The first-order valence-corrected chi connectivity index (χ1v) is 8.37. The molecule has 0 spiro atoms. The quantitative estimate of drug-likeness (QED) is 0.939. The third kappa shape index (κ3) is 2.72. The van der Waals surface area contributed by atoms with Gasteiger partial charge < -0.3 is 10.2 Å². The van der Waals surface area contributed by atoms with Crippen LogP contribution in [-0.2, 0) is 4.79 Å². The largest absolute Gasteiger partial charge is 0.359 e. The maximum absolute atomic E-state index is 11.9. The minimum atomic E-state index is 0.0427. The summed E-state index contributed by atoms with van der Waals surface area (Å²) in [4.78, 5) is 14.0. The number of rotatable bonds is 3. The number of anilines is 1. The summed E-state index contributed by atoms with van der Waals surface area (Å²) in [7, 11) is 1.70. The van der Waals surface area contributed by atoms with E-state index in [1.54, 1.807) is 18.4 Å². The van der Waals surface area contributed by atoms with Crippen LogP contribution in [0.2, 0.25) is 0 Å². The first kappa shape index (κ1) is 15.0. The summed E-state index contributed by atoms with van der Waals surface area (Å²) < 4.78 is 2.11. The van der Waals surface area contributed by atoms with Gasteiger partial charge in [0.1, 0.15) is 0 Å². The molecule has 3 rings (SSSR count). The fraction of sp³-hybridized carbons (Fsp3) is 0.533. The minimum absolute atomic E-state index is 0.0427. The molecule has 2 aromatic rings. The Morgan fingerprint density at radius 3 is 2.64 bits per heavy atom. The first-order valence-electron chi connectivity index (χ1n) is 7.55. The Bertz CT molecular complexity index is 658. The summed E-state index contributed by atoms with van der Waals surface area (Å²) in [5, 5.41) is 13.2. The van der Waals surface area contributed by atoms with E-state index < -0.39 is 0 Å². The molecule has 0 saturated carbocycles. The Morgan fingerprint density at radius 1 is 1.27 bits per heavy atom. The molecule has 1 amide bonds. The van der Waals surface area contributed by atoms with E-state index >= 15 is 0 Å². The Labute approximate surface area is 134 Å². The van der Waals surface area contributed by atoms with Gasteiger partial charge in [-0.1, -0.05) is 11.3 Å². The van der Waals surface area contributed by atoms with Crippen LogP contribution in [0, 0.1) is 19.8 Å². The van der Waals surface area contributed by atoms with Crippen LogP contribution in [0.3, 0.4) is 0 Å². The highest BCUT2D eigenvalue weighted by molar-refractivity contribution is 7.17. The minimum Gasteiger partial charge on any atom is -0.359 e. The van der Waals surface area contributed by atoms with Crippen molar-refractivity contribution in [3.8, 4) is 5.13 Å². The standard InChI is InChI=1S/C15H21N5OS/c1-10-6-7-11(2)20(10)15-18-17-14(22-15)19-8-4-5-12(9-19)13(21)16-3/h6-7,12H,4-5,8-9H2,1-3H3,(H,16,21). The van der Waals surface area contributed by atoms with E-state index in [1.165, 1.54) is 0 Å². The fourth-order valence-electron chi connectivity index (χ4n) is 2.97. The SMILES string of the molecule is CNC(=O)C1CCCN(c2nnc(-n3c(C)ccc3C)s2)C1. The molecule has 1 aliphatic rings. The van der Waals surface area contributed by atoms with Crippen LogP contribution >= 0.6 is 11.3 Å². The predicted molar refractivity (Wildman–Crippen MR) is 87.7 cm³/mol. The second-order valence-corrected chi connectivity index (χ2v) is 6.65. The number of carbonyl (C=O) groups excluding carboxylic acids is 1. The molecule has 1 atom stereocenters. The third-order valence-corrected chi connectivity index (χ3v) is 5.14. The van der Waals surface area contributed by atoms with Gasteiger partial charge in [0.25, 0.3) is 0 Å². The first-order chi connectivity index (χ1) is 10.6. The van der Waals surface area contributed by atoms with Gasteiger partial charge in [-0.15, -0.1) is 10.2 Å². The molecule has 1 unspecified atom stereocenters. The topological polar surface area (TPSA) is 63.1 Å². The molecule has 0 radical (unpaired) electrons. The van der Waals surface area contributed by atoms with Crippen molar-refractivity contribution in [3.05, 3.63) is 23.5 Å². The zero-order valence-electron chi connectivity index (χ0n) is 13.2. The molecular formula is C15H21N5OS. The van der Waals surface area contributed by atoms with Gasteiger partial charge in [-0.2, -0.15) is 0 Å². The van der Waals surface area contributed by atoms with Gasteiger partial charge in [-0.25, -0.2) is 0 Å².